The number of aryl methyl sites for hydroxylation is 1. The van der Waals surface area contributed by atoms with Crippen LogP contribution in [-0.4, -0.2) is 18.3 Å². The smallest absolute Gasteiger partial charge is 0.267 e. The van der Waals surface area contributed by atoms with Gasteiger partial charge in [0.1, 0.15) is 11.6 Å². The largest absolute Gasteiger partial charge is 0.390 e. The molecule has 2 N–H and O–H groups in total. The maximum atomic E-state index is 11.8. The van der Waals surface area contributed by atoms with E-state index in [1.54, 1.807) is 12.1 Å². The van der Waals surface area contributed by atoms with Gasteiger partial charge in [0.2, 0.25) is 0 Å². The Labute approximate surface area is 118 Å². The molecule has 0 aliphatic rings. The zero-order chi connectivity index (χ0) is 14.1. The maximum Gasteiger partial charge on any atom is 0.267 e. The Balaban J connectivity index is 2.59. The van der Waals surface area contributed by atoms with Crippen LogP contribution < -0.4 is 10.6 Å². The van der Waals surface area contributed by atoms with E-state index in [1.807, 2.05) is 25.1 Å². The third kappa shape index (κ3) is 5.45. The Kier molecular flexibility index (Phi) is 6.48. The fourth-order valence-corrected chi connectivity index (χ4v) is 1.46. The molecule has 0 fully saturated rings. The first-order valence-corrected chi connectivity index (χ1v) is 6.48. The second kappa shape index (κ2) is 8.17. The average Bonchev–Trinajstić information content (AvgIpc) is 2.41. The number of anilines is 1. The molecule has 0 spiro atoms. The second-order valence-corrected chi connectivity index (χ2v) is 4.36. The van der Waals surface area contributed by atoms with Crippen molar-refractivity contribution in [2.45, 2.75) is 13.3 Å². The quantitative estimate of drug-likeness (QED) is 0.363. The Hall–Kier alpha value is -1.99. The van der Waals surface area contributed by atoms with E-state index >= 15 is 0 Å². The van der Waals surface area contributed by atoms with E-state index in [9.17, 15) is 4.79 Å². The molecule has 0 aliphatic heterocycles. The molecule has 0 unspecified atom stereocenters. The number of halogens is 1. The van der Waals surface area contributed by atoms with Gasteiger partial charge in [-0.05, 0) is 25.5 Å². The lowest BCUT2D eigenvalue weighted by Gasteiger charge is -2.05. The van der Waals surface area contributed by atoms with Crippen LogP contribution in [-0.2, 0) is 4.79 Å². The summed E-state index contributed by atoms with van der Waals surface area (Å²) in [5.74, 6) is 0.114. The van der Waals surface area contributed by atoms with Crippen molar-refractivity contribution in [3.63, 3.8) is 0 Å². The first kappa shape index (κ1) is 15.1. The molecule has 1 amide bonds. The number of carbonyl (C=O) groups excluding carboxylic acids is 1. The van der Waals surface area contributed by atoms with Gasteiger partial charge in [-0.1, -0.05) is 17.7 Å². The summed E-state index contributed by atoms with van der Waals surface area (Å²) in [5, 5.41) is 14.5. The van der Waals surface area contributed by atoms with Gasteiger partial charge >= 0.3 is 0 Å². The lowest BCUT2D eigenvalue weighted by molar-refractivity contribution is -0.112. The molecule has 0 aromatic heterocycles. The Morgan fingerprint density at radius 3 is 2.68 bits per heavy atom. The van der Waals surface area contributed by atoms with Gasteiger partial charge in [0, 0.05) is 24.3 Å². The van der Waals surface area contributed by atoms with E-state index in [2.05, 4.69) is 10.6 Å². The van der Waals surface area contributed by atoms with Crippen molar-refractivity contribution >= 4 is 23.2 Å². The van der Waals surface area contributed by atoms with Crippen LogP contribution in [0.2, 0.25) is 0 Å². The average molecular weight is 278 g/mol. The fraction of sp³-hybridized carbons (Fsp3) is 0.286. The Morgan fingerprint density at radius 1 is 1.42 bits per heavy atom. The molecule has 0 atom stereocenters. The highest BCUT2D eigenvalue weighted by atomic mass is 35.5. The summed E-state index contributed by atoms with van der Waals surface area (Å²) in [5.41, 5.74) is 1.81. The molecule has 1 rings (SSSR count). The molecule has 0 saturated carbocycles. The summed E-state index contributed by atoms with van der Waals surface area (Å²) in [4.78, 5) is 11.8. The van der Waals surface area contributed by atoms with Crippen molar-refractivity contribution < 1.29 is 4.79 Å². The second-order valence-electron chi connectivity index (χ2n) is 3.99. The predicted octanol–water partition coefficient (Wildman–Crippen LogP) is 2.56. The number of alkyl halides is 1. The van der Waals surface area contributed by atoms with Crippen LogP contribution in [0.1, 0.15) is 12.0 Å². The number of nitrogens with one attached hydrogen (secondary N) is 2. The van der Waals surface area contributed by atoms with Gasteiger partial charge in [-0.15, -0.1) is 11.6 Å². The lowest BCUT2D eigenvalue weighted by atomic mass is 10.2. The van der Waals surface area contributed by atoms with Crippen molar-refractivity contribution in [1.82, 2.24) is 5.32 Å². The number of amides is 1. The van der Waals surface area contributed by atoms with Gasteiger partial charge in [0.25, 0.3) is 5.91 Å². The van der Waals surface area contributed by atoms with Crippen molar-refractivity contribution in [2.75, 3.05) is 17.7 Å². The van der Waals surface area contributed by atoms with E-state index in [0.29, 0.717) is 18.1 Å². The molecule has 1 aromatic carbocycles. The summed E-state index contributed by atoms with van der Waals surface area (Å²) < 4.78 is 0. The molecular formula is C14H16ClN3O. The summed E-state index contributed by atoms with van der Waals surface area (Å²) in [7, 11) is 0. The van der Waals surface area contributed by atoms with Crippen molar-refractivity contribution in [1.29, 1.82) is 5.26 Å². The molecule has 0 saturated heterocycles. The van der Waals surface area contributed by atoms with Crippen LogP contribution in [0.5, 0.6) is 0 Å². The number of hydrogen-bond acceptors (Lipinski definition) is 3. The van der Waals surface area contributed by atoms with E-state index in [-0.39, 0.29) is 5.57 Å². The highest BCUT2D eigenvalue weighted by Crippen LogP contribution is 2.09. The van der Waals surface area contributed by atoms with Crippen molar-refractivity contribution in [3.05, 3.63) is 41.6 Å². The van der Waals surface area contributed by atoms with Gasteiger partial charge in [0.05, 0.1) is 0 Å². The first-order chi connectivity index (χ1) is 9.17. The number of nitrogens with zero attached hydrogens (tertiary/aromatic N) is 1. The van der Waals surface area contributed by atoms with Gasteiger partial charge in [-0.25, -0.2) is 0 Å². The topological polar surface area (TPSA) is 64.9 Å². The van der Waals surface area contributed by atoms with E-state index in [1.165, 1.54) is 6.20 Å². The summed E-state index contributed by atoms with van der Waals surface area (Å²) in [6.07, 6.45) is 2.19. The Morgan fingerprint density at radius 2 is 2.11 bits per heavy atom. The number of rotatable bonds is 6. The molecule has 4 nitrogen and oxygen atoms in total. The standard InChI is InChI=1S/C14H16ClN3O/c1-11-3-5-13(6-4-11)18-14(19)12(9-16)10-17-8-2-7-15/h3-6,10,17H,2,7-8H2,1H3,(H,18,19)/b12-10-. The van der Waals surface area contributed by atoms with Crippen molar-refractivity contribution in [2.24, 2.45) is 0 Å². The molecule has 1 aromatic rings. The number of hydrogen-bond donors (Lipinski definition) is 2. The fourth-order valence-electron chi connectivity index (χ4n) is 1.33. The third-order valence-electron chi connectivity index (χ3n) is 2.38. The predicted molar refractivity (Wildman–Crippen MR) is 76.8 cm³/mol. The van der Waals surface area contributed by atoms with Gasteiger partial charge in [-0.2, -0.15) is 5.26 Å². The van der Waals surface area contributed by atoms with Crippen LogP contribution in [0.4, 0.5) is 5.69 Å². The molecule has 5 heteroatoms. The van der Waals surface area contributed by atoms with Crippen LogP contribution in [0.3, 0.4) is 0 Å². The molecule has 0 aliphatic carbocycles. The zero-order valence-electron chi connectivity index (χ0n) is 10.7. The minimum Gasteiger partial charge on any atom is -0.390 e. The molecule has 0 bridgehead atoms. The van der Waals surface area contributed by atoms with Crippen LogP contribution in [0.15, 0.2) is 36.0 Å². The highest BCUT2D eigenvalue weighted by Gasteiger charge is 2.08. The third-order valence-corrected chi connectivity index (χ3v) is 2.64. The summed E-state index contributed by atoms with van der Waals surface area (Å²) in [6.45, 7) is 2.60. The normalized spacial score (nSPS) is 10.7. The van der Waals surface area contributed by atoms with E-state index in [0.717, 1.165) is 12.0 Å². The molecule has 0 heterocycles. The number of nitriles is 1. The number of carbonyl (C=O) groups is 1. The van der Waals surface area contributed by atoms with Crippen LogP contribution in [0.25, 0.3) is 0 Å². The minimum atomic E-state index is -0.426. The molecular weight excluding hydrogens is 262 g/mol. The monoisotopic (exact) mass is 277 g/mol. The minimum absolute atomic E-state index is 0.0372. The molecule has 0 radical (unpaired) electrons. The molecule has 19 heavy (non-hydrogen) atoms. The van der Waals surface area contributed by atoms with Gasteiger partial charge in [-0.3, -0.25) is 4.79 Å². The van der Waals surface area contributed by atoms with Gasteiger partial charge < -0.3 is 10.6 Å². The molecule has 100 valence electrons. The Bertz CT molecular complexity index is 488. The summed E-state index contributed by atoms with van der Waals surface area (Å²) in [6, 6.07) is 9.24. The number of benzene rings is 1. The highest BCUT2D eigenvalue weighted by molar-refractivity contribution is 6.17. The van der Waals surface area contributed by atoms with Gasteiger partial charge in [0.15, 0.2) is 0 Å². The summed E-state index contributed by atoms with van der Waals surface area (Å²) >= 11 is 5.53. The van der Waals surface area contributed by atoms with E-state index in [4.69, 9.17) is 16.9 Å². The van der Waals surface area contributed by atoms with Crippen LogP contribution in [0, 0.1) is 18.3 Å². The SMILES string of the molecule is Cc1ccc(NC(=O)/C(C#N)=C\NCCCCl)cc1. The first-order valence-electron chi connectivity index (χ1n) is 5.95. The van der Waals surface area contributed by atoms with E-state index < -0.39 is 5.91 Å². The lowest BCUT2D eigenvalue weighted by Crippen LogP contribution is -2.17. The van der Waals surface area contributed by atoms with Crippen LogP contribution >= 0.6 is 11.6 Å². The zero-order valence-corrected chi connectivity index (χ0v) is 11.5. The van der Waals surface area contributed by atoms with Crippen molar-refractivity contribution in [3.8, 4) is 6.07 Å². The maximum absolute atomic E-state index is 11.8.